The van der Waals surface area contributed by atoms with Crippen LogP contribution in [0.3, 0.4) is 0 Å². The summed E-state index contributed by atoms with van der Waals surface area (Å²) >= 11 is 0. The molecule has 1 saturated heterocycles. The largest absolute Gasteiger partial charge is 0.496 e. The molecule has 0 radical (unpaired) electrons. The van der Waals surface area contributed by atoms with Crippen LogP contribution in [0.5, 0.6) is 0 Å². The number of rotatable bonds is 6. The molecule has 0 aromatic rings. The van der Waals surface area contributed by atoms with Gasteiger partial charge in [0.15, 0.2) is 0 Å². The minimum atomic E-state index is -0.429. The maximum absolute atomic E-state index is 9.04. The molecule has 1 atom stereocenters. The van der Waals surface area contributed by atoms with Crippen LogP contribution in [-0.4, -0.2) is 31.0 Å². The predicted octanol–water partition coefficient (Wildman–Crippen LogP) is 1.71. The van der Waals surface area contributed by atoms with Gasteiger partial charge in [0.2, 0.25) is 0 Å². The first kappa shape index (κ1) is 11.5. The van der Waals surface area contributed by atoms with Crippen molar-refractivity contribution in [1.82, 2.24) is 0 Å². The first-order chi connectivity index (χ1) is 6.58. The topological polar surface area (TPSA) is 38.7 Å². The number of aliphatic hydroxyl groups excluding tert-OH is 1. The van der Waals surface area contributed by atoms with Crippen molar-refractivity contribution in [2.24, 2.45) is 5.41 Å². The van der Waals surface area contributed by atoms with Crippen LogP contribution in [-0.2, 0) is 9.47 Å². The maximum atomic E-state index is 9.04. The molecular formula is C11H20O3. The molecule has 0 amide bonds. The molecular weight excluding hydrogens is 180 g/mol. The molecule has 0 bridgehead atoms. The molecule has 0 aromatic carbocycles. The van der Waals surface area contributed by atoms with E-state index in [2.05, 4.69) is 13.5 Å². The smallest absolute Gasteiger partial charge is 0.113 e. The molecule has 0 spiro atoms. The highest BCUT2D eigenvalue weighted by atomic mass is 16.5. The standard InChI is InChI=1S/C11H20O3/c1-4-11(7-13-8-11)5-10(3)14-6-9(2)12/h9,12H,3-8H2,1-2H3. The lowest BCUT2D eigenvalue weighted by molar-refractivity contribution is -0.120. The highest BCUT2D eigenvalue weighted by molar-refractivity contribution is 4.96. The summed E-state index contributed by atoms with van der Waals surface area (Å²) in [6, 6.07) is 0. The van der Waals surface area contributed by atoms with E-state index in [4.69, 9.17) is 14.6 Å². The minimum Gasteiger partial charge on any atom is -0.496 e. The van der Waals surface area contributed by atoms with Crippen molar-refractivity contribution in [3.05, 3.63) is 12.3 Å². The third-order valence-corrected chi connectivity index (χ3v) is 2.67. The van der Waals surface area contributed by atoms with Crippen LogP contribution in [0.1, 0.15) is 26.7 Å². The Labute approximate surface area is 85.7 Å². The normalized spacial score (nSPS) is 21.1. The summed E-state index contributed by atoms with van der Waals surface area (Å²) in [5.74, 6) is 0.760. The zero-order valence-electron chi connectivity index (χ0n) is 9.08. The first-order valence-electron chi connectivity index (χ1n) is 5.14. The molecule has 3 nitrogen and oxygen atoms in total. The fourth-order valence-corrected chi connectivity index (χ4v) is 1.53. The van der Waals surface area contributed by atoms with E-state index in [1.807, 2.05) is 0 Å². The molecule has 1 unspecified atom stereocenters. The van der Waals surface area contributed by atoms with E-state index in [-0.39, 0.29) is 5.41 Å². The van der Waals surface area contributed by atoms with E-state index < -0.39 is 6.10 Å². The van der Waals surface area contributed by atoms with Crippen molar-refractivity contribution in [2.75, 3.05) is 19.8 Å². The molecule has 1 heterocycles. The van der Waals surface area contributed by atoms with Crippen molar-refractivity contribution < 1.29 is 14.6 Å². The molecule has 82 valence electrons. The summed E-state index contributed by atoms with van der Waals surface area (Å²) in [6.07, 6.45) is 1.50. The van der Waals surface area contributed by atoms with Gasteiger partial charge in [-0.2, -0.15) is 0 Å². The maximum Gasteiger partial charge on any atom is 0.113 e. The van der Waals surface area contributed by atoms with E-state index in [9.17, 15) is 0 Å². The second kappa shape index (κ2) is 4.80. The lowest BCUT2D eigenvalue weighted by atomic mass is 9.79. The summed E-state index contributed by atoms with van der Waals surface area (Å²) in [7, 11) is 0. The number of hydrogen-bond donors (Lipinski definition) is 1. The number of hydrogen-bond acceptors (Lipinski definition) is 3. The van der Waals surface area contributed by atoms with Crippen molar-refractivity contribution >= 4 is 0 Å². The number of aliphatic hydroxyl groups is 1. The Morgan fingerprint density at radius 3 is 2.64 bits per heavy atom. The quantitative estimate of drug-likeness (QED) is 0.663. The molecule has 1 rings (SSSR count). The van der Waals surface area contributed by atoms with E-state index in [1.54, 1.807) is 6.92 Å². The van der Waals surface area contributed by atoms with E-state index in [0.29, 0.717) is 6.61 Å². The van der Waals surface area contributed by atoms with Gasteiger partial charge in [0.25, 0.3) is 0 Å². The van der Waals surface area contributed by atoms with E-state index in [1.165, 1.54) is 0 Å². The molecule has 0 saturated carbocycles. The van der Waals surface area contributed by atoms with Gasteiger partial charge in [-0.1, -0.05) is 13.5 Å². The highest BCUT2D eigenvalue weighted by Crippen LogP contribution is 2.37. The van der Waals surface area contributed by atoms with Gasteiger partial charge >= 0.3 is 0 Å². The Kier molecular flexibility index (Phi) is 3.96. The number of ether oxygens (including phenoxy) is 2. The molecule has 1 aliphatic rings. The molecule has 1 N–H and O–H groups in total. The lowest BCUT2D eigenvalue weighted by Gasteiger charge is -2.41. The van der Waals surface area contributed by atoms with Crippen LogP contribution in [0.15, 0.2) is 12.3 Å². The van der Waals surface area contributed by atoms with Gasteiger partial charge in [-0.15, -0.1) is 0 Å². The minimum absolute atomic E-state index is 0.246. The van der Waals surface area contributed by atoms with Crippen LogP contribution < -0.4 is 0 Å². The van der Waals surface area contributed by atoms with Crippen LogP contribution >= 0.6 is 0 Å². The van der Waals surface area contributed by atoms with Gasteiger partial charge in [0.1, 0.15) is 6.61 Å². The monoisotopic (exact) mass is 200 g/mol. The van der Waals surface area contributed by atoms with Crippen LogP contribution in [0.4, 0.5) is 0 Å². The molecule has 1 aliphatic heterocycles. The lowest BCUT2D eigenvalue weighted by Crippen LogP contribution is -2.42. The molecule has 3 heteroatoms. The Balaban J connectivity index is 2.25. The van der Waals surface area contributed by atoms with Crippen molar-refractivity contribution in [3.63, 3.8) is 0 Å². The van der Waals surface area contributed by atoms with Gasteiger partial charge in [-0.05, 0) is 13.3 Å². The van der Waals surface area contributed by atoms with Crippen LogP contribution in [0.25, 0.3) is 0 Å². The summed E-state index contributed by atoms with van der Waals surface area (Å²) in [5, 5.41) is 9.04. The zero-order chi connectivity index (χ0) is 10.6. The molecule has 0 aliphatic carbocycles. The molecule has 14 heavy (non-hydrogen) atoms. The summed E-state index contributed by atoms with van der Waals surface area (Å²) in [6.45, 7) is 9.66. The predicted molar refractivity (Wildman–Crippen MR) is 54.9 cm³/mol. The summed E-state index contributed by atoms with van der Waals surface area (Å²) in [5.41, 5.74) is 0.246. The van der Waals surface area contributed by atoms with Crippen molar-refractivity contribution in [3.8, 4) is 0 Å². The van der Waals surface area contributed by atoms with E-state index >= 15 is 0 Å². The van der Waals surface area contributed by atoms with Gasteiger partial charge in [-0.3, -0.25) is 0 Å². The second-order valence-corrected chi connectivity index (χ2v) is 4.22. The molecule has 1 fully saturated rings. The van der Waals surface area contributed by atoms with Gasteiger partial charge in [0.05, 0.1) is 25.1 Å². The average Bonchev–Trinajstić information content (AvgIpc) is 2.08. The van der Waals surface area contributed by atoms with Crippen molar-refractivity contribution in [1.29, 1.82) is 0 Å². The third-order valence-electron chi connectivity index (χ3n) is 2.67. The van der Waals surface area contributed by atoms with E-state index in [0.717, 1.165) is 31.8 Å². The average molecular weight is 200 g/mol. The van der Waals surface area contributed by atoms with Crippen molar-refractivity contribution in [2.45, 2.75) is 32.8 Å². The second-order valence-electron chi connectivity index (χ2n) is 4.22. The fourth-order valence-electron chi connectivity index (χ4n) is 1.53. The SMILES string of the molecule is C=C(CC1(CC)COC1)OCC(C)O. The zero-order valence-corrected chi connectivity index (χ0v) is 9.08. The Hall–Kier alpha value is -0.540. The van der Waals surface area contributed by atoms with Crippen LogP contribution in [0.2, 0.25) is 0 Å². The third kappa shape index (κ3) is 3.00. The van der Waals surface area contributed by atoms with Gasteiger partial charge in [0, 0.05) is 11.8 Å². The van der Waals surface area contributed by atoms with Crippen LogP contribution in [0, 0.1) is 5.41 Å². The number of allylic oxidation sites excluding steroid dienone is 1. The fraction of sp³-hybridized carbons (Fsp3) is 0.818. The van der Waals surface area contributed by atoms with Gasteiger partial charge < -0.3 is 14.6 Å². The molecule has 0 aromatic heterocycles. The Bertz CT molecular complexity index is 189. The summed E-state index contributed by atoms with van der Waals surface area (Å²) < 4.78 is 10.5. The van der Waals surface area contributed by atoms with Gasteiger partial charge in [-0.25, -0.2) is 0 Å². The first-order valence-corrected chi connectivity index (χ1v) is 5.14. The summed E-state index contributed by atoms with van der Waals surface area (Å²) in [4.78, 5) is 0. The Morgan fingerprint density at radius 2 is 2.29 bits per heavy atom. The highest BCUT2D eigenvalue weighted by Gasteiger charge is 2.37. The Morgan fingerprint density at radius 1 is 1.64 bits per heavy atom.